The minimum Gasteiger partial charge on any atom is -0.465 e. The molecule has 198 valence electrons. The lowest BCUT2D eigenvalue weighted by Gasteiger charge is -2.24. The van der Waals surface area contributed by atoms with Gasteiger partial charge in [-0.05, 0) is 58.2 Å². The minimum absolute atomic E-state index is 0.100. The van der Waals surface area contributed by atoms with Crippen molar-refractivity contribution in [1.82, 2.24) is 29.6 Å². The van der Waals surface area contributed by atoms with Crippen LogP contribution in [0.25, 0.3) is 11.5 Å². The van der Waals surface area contributed by atoms with Crippen LogP contribution in [0.15, 0.2) is 24.3 Å². The maximum Gasteiger partial charge on any atom is 0.407 e. The van der Waals surface area contributed by atoms with E-state index in [0.717, 1.165) is 49.4 Å². The lowest BCUT2D eigenvalue weighted by atomic mass is 10.0. The number of aromatic nitrogens is 5. The van der Waals surface area contributed by atoms with Gasteiger partial charge in [-0.25, -0.2) is 14.8 Å². The van der Waals surface area contributed by atoms with Crippen LogP contribution in [-0.2, 0) is 25.0 Å². The Morgan fingerprint density at radius 3 is 2.76 bits per heavy atom. The molecule has 0 aliphatic carbocycles. The average molecular weight is 517 g/mol. The van der Waals surface area contributed by atoms with Crippen LogP contribution in [0.1, 0.15) is 67.5 Å². The van der Waals surface area contributed by atoms with Gasteiger partial charge in [0.25, 0.3) is 5.91 Å². The van der Waals surface area contributed by atoms with Gasteiger partial charge >= 0.3 is 6.09 Å². The number of carboxylic acid groups (broad SMARTS) is 1. The normalized spacial score (nSPS) is 19.7. The molecule has 3 aromatic rings. The number of pyridine rings is 2. The van der Waals surface area contributed by atoms with E-state index in [4.69, 9.17) is 9.97 Å². The topological polar surface area (TPSA) is 121 Å². The summed E-state index contributed by atoms with van der Waals surface area (Å²) in [6, 6.07) is 7.77. The van der Waals surface area contributed by atoms with E-state index in [-0.39, 0.29) is 24.5 Å². The zero-order chi connectivity index (χ0) is 26.8. The lowest BCUT2D eigenvalue weighted by Crippen LogP contribution is -2.29. The summed E-state index contributed by atoms with van der Waals surface area (Å²) in [7, 11) is 1.51. The Hall–Kier alpha value is -4.02. The molecule has 0 radical (unpaired) electrons. The third-order valence-corrected chi connectivity index (χ3v) is 8.08. The SMILES string of the molecule is C[C@@H]1CCCN1c1cc2c(c(CN(C)C(=O)O)n1)CN(c1cccc(-c3nnc4n3C(C)(C)CC4)n1)C2=O. The Kier molecular flexibility index (Phi) is 5.62. The minimum atomic E-state index is -1.04. The summed E-state index contributed by atoms with van der Waals surface area (Å²) < 4.78 is 2.15. The van der Waals surface area contributed by atoms with Crippen LogP contribution in [0.5, 0.6) is 0 Å². The number of carbonyl (C=O) groups excluding carboxylic acids is 1. The van der Waals surface area contributed by atoms with Gasteiger partial charge in [-0.2, -0.15) is 0 Å². The van der Waals surface area contributed by atoms with Crippen LogP contribution in [0.4, 0.5) is 16.4 Å². The fourth-order valence-electron chi connectivity index (χ4n) is 5.89. The molecule has 11 heteroatoms. The van der Waals surface area contributed by atoms with E-state index in [9.17, 15) is 14.7 Å². The molecule has 3 aromatic heterocycles. The number of fused-ring (bicyclic) bond motifs is 2. The number of amides is 2. The molecule has 2 amide bonds. The first kappa shape index (κ1) is 24.3. The highest BCUT2D eigenvalue weighted by Gasteiger charge is 2.37. The summed E-state index contributed by atoms with van der Waals surface area (Å²) in [6.45, 7) is 7.73. The molecule has 1 fully saturated rings. The van der Waals surface area contributed by atoms with Crippen molar-refractivity contribution in [2.45, 2.75) is 71.1 Å². The van der Waals surface area contributed by atoms with Gasteiger partial charge in [-0.15, -0.1) is 10.2 Å². The van der Waals surface area contributed by atoms with Gasteiger partial charge < -0.3 is 19.5 Å². The standard InChI is InChI=1S/C27H32N8O3/c1-16-7-6-12-33(16)23-13-17-18(20(29-23)15-32(4)26(37)38)14-34(25(17)36)21-9-5-8-19(28-21)24-31-30-22-10-11-27(2,3)35(22)24/h5,8-9,13,16H,6-7,10-12,14-15H2,1-4H3,(H,37,38)/t16-/m1/s1. The smallest absolute Gasteiger partial charge is 0.407 e. The van der Waals surface area contributed by atoms with Crippen molar-refractivity contribution in [1.29, 1.82) is 0 Å². The second kappa shape index (κ2) is 8.78. The molecule has 1 atom stereocenters. The van der Waals surface area contributed by atoms with Crippen LogP contribution < -0.4 is 9.80 Å². The number of hydrogen-bond acceptors (Lipinski definition) is 7. The summed E-state index contributed by atoms with van der Waals surface area (Å²) in [5, 5.41) is 18.3. The molecule has 3 aliphatic rings. The Morgan fingerprint density at radius 2 is 2.03 bits per heavy atom. The maximum absolute atomic E-state index is 13.8. The molecule has 11 nitrogen and oxygen atoms in total. The van der Waals surface area contributed by atoms with E-state index < -0.39 is 6.09 Å². The van der Waals surface area contributed by atoms with Gasteiger partial charge in [0.15, 0.2) is 5.82 Å². The van der Waals surface area contributed by atoms with Crippen molar-refractivity contribution < 1.29 is 14.7 Å². The van der Waals surface area contributed by atoms with Crippen LogP contribution >= 0.6 is 0 Å². The van der Waals surface area contributed by atoms with Crippen LogP contribution in [0.2, 0.25) is 0 Å². The summed E-state index contributed by atoms with van der Waals surface area (Å²) in [5.74, 6) is 2.73. The second-order valence-electron chi connectivity index (χ2n) is 11.1. The molecule has 1 N–H and O–H groups in total. The van der Waals surface area contributed by atoms with Crippen molar-refractivity contribution in [3.05, 3.63) is 46.9 Å². The van der Waals surface area contributed by atoms with Crippen molar-refractivity contribution in [2.75, 3.05) is 23.4 Å². The lowest BCUT2D eigenvalue weighted by molar-refractivity contribution is 0.0996. The monoisotopic (exact) mass is 516 g/mol. The van der Waals surface area contributed by atoms with Crippen molar-refractivity contribution in [3.8, 4) is 11.5 Å². The molecule has 0 spiro atoms. The first-order valence-electron chi connectivity index (χ1n) is 13.1. The molecule has 0 bridgehead atoms. The Labute approximate surface area is 221 Å². The van der Waals surface area contributed by atoms with Gasteiger partial charge in [0.1, 0.15) is 23.2 Å². The fourth-order valence-corrected chi connectivity index (χ4v) is 5.89. The summed E-state index contributed by atoms with van der Waals surface area (Å²) in [5.41, 5.74) is 2.46. The predicted molar refractivity (Wildman–Crippen MR) is 141 cm³/mol. The second-order valence-corrected chi connectivity index (χ2v) is 11.1. The molecule has 3 aliphatic heterocycles. The van der Waals surface area contributed by atoms with E-state index in [0.29, 0.717) is 34.6 Å². The van der Waals surface area contributed by atoms with E-state index in [1.54, 1.807) is 4.90 Å². The van der Waals surface area contributed by atoms with Gasteiger partial charge in [0.05, 0.1) is 24.3 Å². The van der Waals surface area contributed by atoms with Crippen molar-refractivity contribution in [3.63, 3.8) is 0 Å². The van der Waals surface area contributed by atoms with E-state index >= 15 is 0 Å². The van der Waals surface area contributed by atoms with Gasteiger partial charge in [0, 0.05) is 37.2 Å². The first-order valence-corrected chi connectivity index (χ1v) is 13.1. The van der Waals surface area contributed by atoms with E-state index in [1.165, 1.54) is 11.9 Å². The number of nitrogens with zero attached hydrogens (tertiary/aromatic N) is 8. The zero-order valence-electron chi connectivity index (χ0n) is 22.2. The molecule has 0 unspecified atom stereocenters. The Balaban J connectivity index is 1.38. The molecule has 6 heterocycles. The molecular weight excluding hydrogens is 484 g/mol. The molecule has 1 saturated heterocycles. The summed E-state index contributed by atoms with van der Waals surface area (Å²) >= 11 is 0. The average Bonchev–Trinajstić information content (AvgIpc) is 3.65. The summed E-state index contributed by atoms with van der Waals surface area (Å²) in [4.78, 5) is 40.2. The van der Waals surface area contributed by atoms with Gasteiger partial charge in [-0.1, -0.05) is 6.07 Å². The zero-order valence-corrected chi connectivity index (χ0v) is 22.2. The van der Waals surface area contributed by atoms with E-state index in [2.05, 4.69) is 40.4 Å². The van der Waals surface area contributed by atoms with E-state index in [1.807, 2.05) is 24.3 Å². The number of carbonyl (C=O) groups is 2. The molecule has 6 rings (SSSR count). The number of rotatable bonds is 5. The maximum atomic E-state index is 13.8. The fraction of sp³-hybridized carbons (Fsp3) is 0.481. The van der Waals surface area contributed by atoms with Gasteiger partial charge in [0.2, 0.25) is 0 Å². The van der Waals surface area contributed by atoms with Crippen LogP contribution in [-0.4, -0.2) is 66.4 Å². The molecular formula is C27H32N8O3. The highest BCUT2D eigenvalue weighted by Crippen LogP contribution is 2.37. The third kappa shape index (κ3) is 3.88. The first-order chi connectivity index (χ1) is 18.1. The largest absolute Gasteiger partial charge is 0.465 e. The highest BCUT2D eigenvalue weighted by molar-refractivity contribution is 6.10. The number of hydrogen-bond donors (Lipinski definition) is 1. The van der Waals surface area contributed by atoms with Crippen LogP contribution in [0.3, 0.4) is 0 Å². The highest BCUT2D eigenvalue weighted by atomic mass is 16.4. The summed E-state index contributed by atoms with van der Waals surface area (Å²) in [6.07, 6.45) is 2.94. The Bertz CT molecular complexity index is 1450. The number of anilines is 2. The molecule has 0 saturated carbocycles. The molecule has 38 heavy (non-hydrogen) atoms. The molecule has 0 aromatic carbocycles. The van der Waals surface area contributed by atoms with Crippen LogP contribution in [0, 0.1) is 0 Å². The number of aryl methyl sites for hydroxylation is 1. The van der Waals surface area contributed by atoms with Gasteiger partial charge in [-0.3, -0.25) is 9.69 Å². The quantitative estimate of drug-likeness (QED) is 0.545. The Morgan fingerprint density at radius 1 is 1.21 bits per heavy atom. The van der Waals surface area contributed by atoms with Crippen molar-refractivity contribution in [2.24, 2.45) is 0 Å². The van der Waals surface area contributed by atoms with Crippen molar-refractivity contribution >= 4 is 23.6 Å². The predicted octanol–water partition coefficient (Wildman–Crippen LogP) is 3.68. The third-order valence-electron chi connectivity index (χ3n) is 8.08.